The van der Waals surface area contributed by atoms with Gasteiger partial charge in [-0.05, 0) is 24.0 Å². The zero-order valence-electron chi connectivity index (χ0n) is 18.9. The number of halogens is 4. The van der Waals surface area contributed by atoms with E-state index in [1.807, 2.05) is 0 Å². The van der Waals surface area contributed by atoms with Gasteiger partial charge in [0.25, 0.3) is 5.89 Å². The molecule has 0 radical (unpaired) electrons. The van der Waals surface area contributed by atoms with Crippen molar-refractivity contribution in [2.75, 3.05) is 26.2 Å². The molecule has 7 nitrogen and oxygen atoms in total. The molecule has 2 amide bonds. The first-order chi connectivity index (χ1) is 15.8. The molecule has 1 unspecified atom stereocenters. The Morgan fingerprint density at radius 1 is 1.12 bits per heavy atom. The van der Waals surface area contributed by atoms with Crippen molar-refractivity contribution in [1.29, 1.82) is 0 Å². The predicted molar refractivity (Wildman–Crippen MR) is 120 cm³/mol. The molecular weight excluding hydrogens is 489 g/mol. The van der Waals surface area contributed by atoms with Gasteiger partial charge in [0.2, 0.25) is 17.7 Å². The smallest absolute Gasteiger partial charge is 0.349 e. The molecule has 0 bridgehead atoms. The average molecular weight is 513 g/mol. The molecule has 2 aliphatic heterocycles. The van der Waals surface area contributed by atoms with E-state index >= 15 is 8.78 Å². The average Bonchev–Trinajstić information content (AvgIpc) is 3.12. The first-order valence-electron chi connectivity index (χ1n) is 11.1. The molecule has 2 atom stereocenters. The first-order valence-corrected chi connectivity index (χ1v) is 11.8. The predicted octanol–water partition coefficient (Wildman–Crippen LogP) is 4.34. The Morgan fingerprint density at radius 2 is 1.76 bits per heavy atom. The normalized spacial score (nSPS) is 24.9. The highest BCUT2D eigenvalue weighted by Crippen LogP contribution is 2.55. The maximum Gasteiger partial charge on any atom is 0.349 e. The van der Waals surface area contributed by atoms with Gasteiger partial charge in [-0.2, -0.15) is 8.78 Å². The van der Waals surface area contributed by atoms with Crippen LogP contribution in [0.2, 0.25) is 10.0 Å². The standard InChI is InChI=1S/C23H24Cl2F2N4O3/c1-12(32)30-8-15(22(9-30)10-31(11-22)19(33)14-7-21(14,2)3)18-28-29-20(34-18)23(26,27)13-4-5-16(24)17(25)6-13/h4-6,14-15H,7-11H2,1-3H3/t14-,15?/m1/s1. The van der Waals surface area contributed by atoms with Crippen LogP contribution in [0.1, 0.15) is 50.5 Å². The van der Waals surface area contributed by atoms with Crippen LogP contribution in [0.15, 0.2) is 22.6 Å². The first kappa shape index (κ1) is 23.5. The topological polar surface area (TPSA) is 79.5 Å². The maximum absolute atomic E-state index is 15.1. The quantitative estimate of drug-likeness (QED) is 0.608. The minimum atomic E-state index is -3.58. The molecular formula is C23H24Cl2F2N4O3. The highest BCUT2D eigenvalue weighted by molar-refractivity contribution is 6.42. The number of alkyl halides is 2. The molecule has 0 N–H and O–H groups in total. The van der Waals surface area contributed by atoms with Crippen molar-refractivity contribution in [3.05, 3.63) is 45.6 Å². The van der Waals surface area contributed by atoms with Gasteiger partial charge < -0.3 is 14.2 Å². The number of hydrogen-bond donors (Lipinski definition) is 0. The number of aromatic nitrogens is 2. The van der Waals surface area contributed by atoms with Crippen molar-refractivity contribution >= 4 is 35.0 Å². The number of carbonyl (C=O) groups excluding carboxylic acids is 2. The minimum absolute atomic E-state index is 0.00788. The van der Waals surface area contributed by atoms with Gasteiger partial charge in [-0.15, -0.1) is 10.2 Å². The zero-order chi connectivity index (χ0) is 24.6. The lowest BCUT2D eigenvalue weighted by Crippen LogP contribution is -2.62. The fourth-order valence-corrected chi connectivity index (χ4v) is 5.46. The van der Waals surface area contributed by atoms with Crippen molar-refractivity contribution in [1.82, 2.24) is 20.0 Å². The van der Waals surface area contributed by atoms with Gasteiger partial charge in [0.15, 0.2) is 0 Å². The van der Waals surface area contributed by atoms with Crippen LogP contribution in [0, 0.1) is 16.7 Å². The summed E-state index contributed by atoms with van der Waals surface area (Å²) >= 11 is 11.8. The summed E-state index contributed by atoms with van der Waals surface area (Å²) in [6, 6.07) is 3.50. The van der Waals surface area contributed by atoms with Crippen LogP contribution in [0.5, 0.6) is 0 Å². The van der Waals surface area contributed by atoms with Gasteiger partial charge in [0.05, 0.1) is 16.0 Å². The van der Waals surface area contributed by atoms with E-state index < -0.39 is 28.7 Å². The monoisotopic (exact) mass is 512 g/mol. The second-order valence-electron chi connectivity index (χ2n) is 10.4. The number of carbonyl (C=O) groups is 2. The second kappa shape index (κ2) is 7.62. The number of rotatable bonds is 4. The van der Waals surface area contributed by atoms with Crippen molar-refractivity contribution in [3.63, 3.8) is 0 Å². The van der Waals surface area contributed by atoms with Crippen molar-refractivity contribution in [2.45, 2.75) is 39.0 Å². The van der Waals surface area contributed by atoms with E-state index in [4.69, 9.17) is 27.6 Å². The molecule has 1 aliphatic carbocycles. The molecule has 3 heterocycles. The summed E-state index contributed by atoms with van der Waals surface area (Å²) in [7, 11) is 0. The van der Waals surface area contributed by atoms with Crippen molar-refractivity contribution in [2.24, 2.45) is 16.7 Å². The molecule has 1 spiro atoms. The Morgan fingerprint density at radius 3 is 2.35 bits per heavy atom. The van der Waals surface area contributed by atoms with Crippen LogP contribution in [-0.2, 0) is 15.5 Å². The van der Waals surface area contributed by atoms with Gasteiger partial charge in [0, 0.05) is 50.0 Å². The van der Waals surface area contributed by atoms with E-state index in [2.05, 4.69) is 24.0 Å². The molecule has 2 saturated heterocycles. The molecule has 3 fully saturated rings. The van der Waals surface area contributed by atoms with E-state index in [-0.39, 0.29) is 45.6 Å². The van der Waals surface area contributed by atoms with Gasteiger partial charge in [-0.3, -0.25) is 9.59 Å². The van der Waals surface area contributed by atoms with Gasteiger partial charge in [0.1, 0.15) is 0 Å². The summed E-state index contributed by atoms with van der Waals surface area (Å²) in [6.07, 6.45) is 0.856. The minimum Gasteiger partial charge on any atom is -0.419 e. The number of hydrogen-bond acceptors (Lipinski definition) is 5. The Kier molecular flexibility index (Phi) is 5.26. The van der Waals surface area contributed by atoms with Crippen LogP contribution >= 0.6 is 23.2 Å². The van der Waals surface area contributed by atoms with Gasteiger partial charge in [-0.25, -0.2) is 0 Å². The maximum atomic E-state index is 15.1. The van der Waals surface area contributed by atoms with Crippen LogP contribution in [0.3, 0.4) is 0 Å². The molecule has 5 rings (SSSR count). The van der Waals surface area contributed by atoms with E-state index in [0.717, 1.165) is 18.6 Å². The summed E-state index contributed by atoms with van der Waals surface area (Å²) in [5.41, 5.74) is -0.906. The molecule has 1 saturated carbocycles. The Labute approximate surface area is 205 Å². The van der Waals surface area contributed by atoms with E-state index in [0.29, 0.717) is 19.6 Å². The number of amides is 2. The SMILES string of the molecule is CC(=O)N1CC(c2nnc(C(F)(F)c3ccc(Cl)c(Cl)c3)o2)C2(C1)CN(C(=O)[C@H]1CC1(C)C)C2. The molecule has 2 aromatic rings. The Hall–Kier alpha value is -2.26. The third kappa shape index (κ3) is 3.68. The van der Waals surface area contributed by atoms with Crippen LogP contribution in [0.4, 0.5) is 8.78 Å². The number of likely N-dealkylation sites (tertiary alicyclic amines) is 2. The number of nitrogens with zero attached hydrogens (tertiary/aromatic N) is 4. The highest BCUT2D eigenvalue weighted by atomic mass is 35.5. The van der Waals surface area contributed by atoms with Gasteiger partial charge in [-0.1, -0.05) is 43.1 Å². The van der Waals surface area contributed by atoms with Crippen molar-refractivity contribution < 1.29 is 22.8 Å². The molecule has 11 heteroatoms. The number of benzene rings is 1. The third-order valence-corrected chi connectivity index (χ3v) is 8.26. The van der Waals surface area contributed by atoms with Crippen molar-refractivity contribution in [3.8, 4) is 0 Å². The highest BCUT2D eigenvalue weighted by Gasteiger charge is 2.61. The van der Waals surface area contributed by atoms with Crippen LogP contribution in [-0.4, -0.2) is 58.0 Å². The Bertz CT molecular complexity index is 1180. The summed E-state index contributed by atoms with van der Waals surface area (Å²) in [4.78, 5) is 28.4. The van der Waals surface area contributed by atoms with Crippen LogP contribution < -0.4 is 0 Å². The third-order valence-electron chi connectivity index (χ3n) is 7.52. The second-order valence-corrected chi connectivity index (χ2v) is 11.2. The lowest BCUT2D eigenvalue weighted by molar-refractivity contribution is -0.146. The summed E-state index contributed by atoms with van der Waals surface area (Å²) in [6.45, 7) is 7.12. The summed E-state index contributed by atoms with van der Waals surface area (Å²) in [5.74, 6) is -4.86. The molecule has 3 aliphatic rings. The molecule has 1 aromatic carbocycles. The molecule has 1 aromatic heterocycles. The van der Waals surface area contributed by atoms with E-state index in [9.17, 15) is 9.59 Å². The largest absolute Gasteiger partial charge is 0.419 e. The summed E-state index contributed by atoms with van der Waals surface area (Å²) < 4.78 is 35.7. The lowest BCUT2D eigenvalue weighted by atomic mass is 9.71. The molecule has 182 valence electrons. The molecule has 34 heavy (non-hydrogen) atoms. The van der Waals surface area contributed by atoms with Crippen LogP contribution in [0.25, 0.3) is 0 Å². The van der Waals surface area contributed by atoms with E-state index in [1.54, 1.807) is 9.80 Å². The Balaban J connectivity index is 1.39. The fourth-order valence-electron chi connectivity index (χ4n) is 5.17. The van der Waals surface area contributed by atoms with E-state index in [1.165, 1.54) is 13.0 Å². The van der Waals surface area contributed by atoms with Gasteiger partial charge >= 0.3 is 5.92 Å². The summed E-state index contributed by atoms with van der Waals surface area (Å²) in [5, 5.41) is 7.73. The zero-order valence-corrected chi connectivity index (χ0v) is 20.5. The fraction of sp³-hybridized carbons (Fsp3) is 0.565. The lowest BCUT2D eigenvalue weighted by Gasteiger charge is -2.50.